The lowest BCUT2D eigenvalue weighted by molar-refractivity contribution is 0.0720. The van der Waals surface area contributed by atoms with Crippen LogP contribution in [0, 0.1) is 0 Å². The highest BCUT2D eigenvalue weighted by Gasteiger charge is 2.42. The van der Waals surface area contributed by atoms with E-state index >= 15 is 0 Å². The van der Waals surface area contributed by atoms with Crippen LogP contribution in [0.4, 0.5) is 0 Å². The molecule has 2 heterocycles. The van der Waals surface area contributed by atoms with Crippen LogP contribution in [0.3, 0.4) is 0 Å². The third-order valence-electron chi connectivity index (χ3n) is 5.88. The van der Waals surface area contributed by atoms with E-state index in [0.717, 1.165) is 36.1 Å². The molecule has 1 aromatic heterocycles. The van der Waals surface area contributed by atoms with Crippen molar-refractivity contribution in [1.82, 2.24) is 9.80 Å². The molecule has 1 aliphatic heterocycles. The van der Waals surface area contributed by atoms with Crippen molar-refractivity contribution in [2.75, 3.05) is 26.2 Å². The molecule has 0 bridgehead atoms. The lowest BCUT2D eigenvalue weighted by Gasteiger charge is -2.26. The fourth-order valence-corrected chi connectivity index (χ4v) is 4.71. The van der Waals surface area contributed by atoms with E-state index in [0.29, 0.717) is 28.1 Å². The van der Waals surface area contributed by atoms with Crippen molar-refractivity contribution < 1.29 is 9.21 Å². The van der Waals surface area contributed by atoms with E-state index in [1.807, 2.05) is 12.1 Å². The summed E-state index contributed by atoms with van der Waals surface area (Å²) in [6, 6.07) is 12.1. The summed E-state index contributed by atoms with van der Waals surface area (Å²) in [6.45, 7) is 7.60. The first kappa shape index (κ1) is 22.1. The van der Waals surface area contributed by atoms with E-state index in [-0.39, 0.29) is 17.1 Å². The van der Waals surface area contributed by atoms with E-state index in [2.05, 4.69) is 34.7 Å². The Morgan fingerprint density at radius 1 is 1.10 bits per heavy atom. The zero-order valence-corrected chi connectivity index (χ0v) is 19.9. The molecular weight excluding hydrogens is 480 g/mol. The summed E-state index contributed by atoms with van der Waals surface area (Å²) in [5.74, 6) is -0.0981. The van der Waals surface area contributed by atoms with Gasteiger partial charge in [0.05, 0.1) is 17.0 Å². The van der Waals surface area contributed by atoms with E-state index < -0.39 is 6.04 Å². The lowest BCUT2D eigenvalue weighted by Crippen LogP contribution is -2.33. The first-order chi connectivity index (χ1) is 14.9. The summed E-state index contributed by atoms with van der Waals surface area (Å²) in [4.78, 5) is 30.9. The third kappa shape index (κ3) is 4.16. The largest absolute Gasteiger partial charge is 0.450 e. The van der Waals surface area contributed by atoms with Crippen LogP contribution in [0.25, 0.3) is 11.0 Å². The number of hydrogen-bond donors (Lipinski definition) is 0. The van der Waals surface area contributed by atoms with Gasteiger partial charge in [0.1, 0.15) is 5.58 Å². The third-order valence-corrected chi connectivity index (χ3v) is 6.63. The summed E-state index contributed by atoms with van der Waals surface area (Å²) >= 11 is 9.51. The molecule has 0 aliphatic carbocycles. The highest BCUT2D eigenvalue weighted by Crippen LogP contribution is 2.38. The zero-order valence-electron chi connectivity index (χ0n) is 17.5. The Labute approximate surface area is 194 Å². The lowest BCUT2D eigenvalue weighted by atomic mass is 9.98. The van der Waals surface area contributed by atoms with Crippen LogP contribution in [-0.4, -0.2) is 41.9 Å². The van der Waals surface area contributed by atoms with Gasteiger partial charge in [0.2, 0.25) is 5.76 Å². The topological polar surface area (TPSA) is 53.8 Å². The van der Waals surface area contributed by atoms with Gasteiger partial charge in [-0.05, 0) is 62.0 Å². The number of rotatable bonds is 7. The molecule has 31 heavy (non-hydrogen) atoms. The molecule has 1 amide bonds. The van der Waals surface area contributed by atoms with Crippen LogP contribution >= 0.6 is 27.5 Å². The Balaban J connectivity index is 1.80. The number of nitrogens with zero attached hydrogens (tertiary/aromatic N) is 2. The molecule has 0 saturated carbocycles. The average molecular weight is 504 g/mol. The molecule has 1 aliphatic rings. The number of carbonyl (C=O) groups is 1. The normalized spacial score (nSPS) is 15.8. The molecule has 7 heteroatoms. The minimum absolute atomic E-state index is 0.141. The van der Waals surface area contributed by atoms with Gasteiger partial charge in [-0.3, -0.25) is 9.59 Å². The average Bonchev–Trinajstić information content (AvgIpc) is 3.04. The van der Waals surface area contributed by atoms with Crippen LogP contribution in [0.5, 0.6) is 0 Å². The van der Waals surface area contributed by atoms with Gasteiger partial charge in [0.25, 0.3) is 5.91 Å². The van der Waals surface area contributed by atoms with Crippen LogP contribution < -0.4 is 5.43 Å². The van der Waals surface area contributed by atoms with Crippen molar-refractivity contribution in [3.8, 4) is 0 Å². The van der Waals surface area contributed by atoms with Gasteiger partial charge in [-0.15, -0.1) is 0 Å². The quantitative estimate of drug-likeness (QED) is 0.428. The molecule has 0 spiro atoms. The second kappa shape index (κ2) is 9.15. The van der Waals surface area contributed by atoms with Crippen molar-refractivity contribution in [3.05, 3.63) is 79.1 Å². The first-order valence-corrected chi connectivity index (χ1v) is 11.7. The van der Waals surface area contributed by atoms with Gasteiger partial charge in [-0.25, -0.2) is 0 Å². The van der Waals surface area contributed by atoms with Crippen LogP contribution in [-0.2, 0) is 0 Å². The minimum Gasteiger partial charge on any atom is -0.450 e. The number of halogens is 2. The van der Waals surface area contributed by atoms with Crippen molar-refractivity contribution >= 4 is 44.4 Å². The molecule has 3 aromatic rings. The summed E-state index contributed by atoms with van der Waals surface area (Å²) < 4.78 is 6.77. The van der Waals surface area contributed by atoms with Crippen molar-refractivity contribution in [2.45, 2.75) is 26.3 Å². The summed E-state index contributed by atoms with van der Waals surface area (Å²) in [7, 11) is 0. The number of amides is 1. The standard InChI is InChI=1S/C24H24BrClN2O3/c1-3-27(4-2)12-5-13-28-21(15-6-9-17(26)10-7-15)20-22(29)18-14-16(25)8-11-19(18)31-23(20)24(28)30/h6-11,14,21H,3-5,12-13H2,1-2H3/t21-/m1/s1. The molecule has 162 valence electrons. The molecule has 0 saturated heterocycles. The van der Waals surface area contributed by atoms with Gasteiger partial charge >= 0.3 is 0 Å². The predicted molar refractivity (Wildman–Crippen MR) is 127 cm³/mol. The highest BCUT2D eigenvalue weighted by molar-refractivity contribution is 9.10. The van der Waals surface area contributed by atoms with Crippen molar-refractivity contribution in [3.63, 3.8) is 0 Å². The second-order valence-electron chi connectivity index (χ2n) is 7.65. The fraction of sp³-hybridized carbons (Fsp3) is 0.333. The van der Waals surface area contributed by atoms with Crippen LogP contribution in [0.2, 0.25) is 5.02 Å². The Hall–Kier alpha value is -2.15. The van der Waals surface area contributed by atoms with Gasteiger partial charge in [-0.1, -0.05) is 53.5 Å². The highest BCUT2D eigenvalue weighted by atomic mass is 79.9. The first-order valence-electron chi connectivity index (χ1n) is 10.5. The Morgan fingerprint density at radius 2 is 1.81 bits per heavy atom. The fourth-order valence-electron chi connectivity index (χ4n) is 4.22. The maximum absolute atomic E-state index is 13.5. The minimum atomic E-state index is -0.490. The number of fused-ring (bicyclic) bond motifs is 2. The molecule has 1 atom stereocenters. The van der Waals surface area contributed by atoms with Crippen LogP contribution in [0.15, 0.2) is 56.1 Å². The van der Waals surface area contributed by atoms with E-state index in [1.165, 1.54) is 0 Å². The van der Waals surface area contributed by atoms with E-state index in [4.69, 9.17) is 16.0 Å². The molecule has 0 unspecified atom stereocenters. The molecular formula is C24H24BrClN2O3. The smallest absolute Gasteiger partial charge is 0.290 e. The Morgan fingerprint density at radius 3 is 2.48 bits per heavy atom. The zero-order chi connectivity index (χ0) is 22.1. The van der Waals surface area contributed by atoms with Gasteiger partial charge < -0.3 is 14.2 Å². The Kier molecular flexibility index (Phi) is 6.51. The summed E-state index contributed by atoms with van der Waals surface area (Å²) in [6.07, 6.45) is 0.810. The Bertz CT molecular complexity index is 1170. The van der Waals surface area contributed by atoms with E-state index in [9.17, 15) is 9.59 Å². The monoisotopic (exact) mass is 502 g/mol. The second-order valence-corrected chi connectivity index (χ2v) is 9.00. The predicted octanol–water partition coefficient (Wildman–Crippen LogP) is 5.49. The molecule has 2 aromatic carbocycles. The van der Waals surface area contributed by atoms with Crippen LogP contribution in [0.1, 0.15) is 48.0 Å². The summed E-state index contributed by atoms with van der Waals surface area (Å²) in [5.41, 5.74) is 1.50. The molecule has 0 fully saturated rings. The maximum Gasteiger partial charge on any atom is 0.290 e. The number of hydrogen-bond acceptors (Lipinski definition) is 4. The van der Waals surface area contributed by atoms with Gasteiger partial charge in [0, 0.05) is 16.0 Å². The maximum atomic E-state index is 13.5. The molecule has 0 radical (unpaired) electrons. The van der Waals surface area contributed by atoms with Gasteiger partial charge in [0.15, 0.2) is 5.43 Å². The molecule has 0 N–H and O–H groups in total. The van der Waals surface area contributed by atoms with E-state index in [1.54, 1.807) is 35.2 Å². The van der Waals surface area contributed by atoms with Crippen molar-refractivity contribution in [2.24, 2.45) is 0 Å². The molecule has 5 nitrogen and oxygen atoms in total. The number of carbonyl (C=O) groups excluding carboxylic acids is 1. The molecule has 4 rings (SSSR count). The van der Waals surface area contributed by atoms with Crippen molar-refractivity contribution in [1.29, 1.82) is 0 Å². The summed E-state index contributed by atoms with van der Waals surface area (Å²) in [5, 5.41) is 1.07. The van der Waals surface area contributed by atoms with Gasteiger partial charge in [-0.2, -0.15) is 0 Å². The SMILES string of the molecule is CCN(CC)CCCN1C(=O)c2oc3ccc(Br)cc3c(=O)c2[C@H]1c1ccc(Cl)cc1. The number of benzene rings is 2.